The van der Waals surface area contributed by atoms with Crippen molar-refractivity contribution in [2.24, 2.45) is 5.92 Å². The Morgan fingerprint density at radius 2 is 1.90 bits per heavy atom. The van der Waals surface area contributed by atoms with Crippen LogP contribution in [0.15, 0.2) is 24.3 Å². The molecule has 2 rings (SSSR count). The van der Waals surface area contributed by atoms with Gasteiger partial charge in [0.05, 0.1) is 12.7 Å². The van der Waals surface area contributed by atoms with Crippen LogP contribution in [0.5, 0.6) is 5.75 Å². The topological polar surface area (TPSA) is 38.7 Å². The Balaban J connectivity index is 1.86. The van der Waals surface area contributed by atoms with Crippen LogP contribution >= 0.6 is 0 Å². The van der Waals surface area contributed by atoms with Gasteiger partial charge in [-0.1, -0.05) is 50.3 Å². The summed E-state index contributed by atoms with van der Waals surface area (Å²) in [6.45, 7) is 1.08. The fraction of sp³-hybridized carbons (Fsp3) is 0.667. The largest absolute Gasteiger partial charge is 0.491 e. The first-order chi connectivity index (χ1) is 10.3. The molecule has 1 saturated carbocycles. The Bertz CT molecular complexity index is 399. The molecule has 0 aromatic heterocycles. The second-order valence-electron chi connectivity index (χ2n) is 5.98. The van der Waals surface area contributed by atoms with Gasteiger partial charge in [-0.25, -0.2) is 0 Å². The monoisotopic (exact) mass is 292 g/mol. The molecule has 1 aromatic rings. The molecule has 0 bridgehead atoms. The molecule has 1 fully saturated rings. The quantitative estimate of drug-likeness (QED) is 0.733. The van der Waals surface area contributed by atoms with Gasteiger partial charge in [-0.15, -0.1) is 0 Å². The molecule has 0 saturated heterocycles. The number of ether oxygens (including phenoxy) is 2. The molecule has 0 radical (unpaired) electrons. The van der Waals surface area contributed by atoms with Crippen molar-refractivity contribution in [3.63, 3.8) is 0 Å². The summed E-state index contributed by atoms with van der Waals surface area (Å²) < 4.78 is 10.7. The number of hydrogen-bond acceptors (Lipinski definition) is 3. The minimum atomic E-state index is -0.425. The summed E-state index contributed by atoms with van der Waals surface area (Å²) in [7, 11) is 1.66. The molecule has 3 heteroatoms. The van der Waals surface area contributed by atoms with E-state index < -0.39 is 6.10 Å². The van der Waals surface area contributed by atoms with Gasteiger partial charge in [-0.3, -0.25) is 0 Å². The van der Waals surface area contributed by atoms with E-state index in [4.69, 9.17) is 9.47 Å². The number of benzene rings is 1. The maximum atomic E-state index is 10.5. The molecule has 0 aliphatic heterocycles. The molecule has 1 N–H and O–H groups in total. The summed E-state index contributed by atoms with van der Waals surface area (Å²) >= 11 is 0. The summed E-state index contributed by atoms with van der Waals surface area (Å²) in [6, 6.07) is 7.80. The van der Waals surface area contributed by atoms with Gasteiger partial charge in [0.25, 0.3) is 0 Å². The Morgan fingerprint density at radius 3 is 2.67 bits per heavy atom. The van der Waals surface area contributed by atoms with Gasteiger partial charge < -0.3 is 14.6 Å². The van der Waals surface area contributed by atoms with Gasteiger partial charge in [-0.2, -0.15) is 0 Å². The van der Waals surface area contributed by atoms with E-state index in [0.717, 1.165) is 30.1 Å². The number of methoxy groups -OCH3 is 1. The third kappa shape index (κ3) is 5.33. The van der Waals surface area contributed by atoms with Crippen LogP contribution in [0.4, 0.5) is 0 Å². The van der Waals surface area contributed by atoms with Crippen molar-refractivity contribution in [2.75, 3.05) is 20.3 Å². The number of hydrogen-bond donors (Lipinski definition) is 1. The summed E-state index contributed by atoms with van der Waals surface area (Å²) in [5, 5.41) is 10.5. The zero-order chi connectivity index (χ0) is 14.9. The minimum absolute atomic E-state index is 0.425. The molecule has 0 spiro atoms. The highest BCUT2D eigenvalue weighted by atomic mass is 16.5. The summed E-state index contributed by atoms with van der Waals surface area (Å²) in [5.41, 5.74) is 0.907. The van der Waals surface area contributed by atoms with Crippen LogP contribution < -0.4 is 4.74 Å². The molecule has 0 heterocycles. The Kier molecular flexibility index (Phi) is 7.04. The van der Waals surface area contributed by atoms with Gasteiger partial charge in [-0.05, 0) is 24.8 Å². The lowest BCUT2D eigenvalue weighted by Gasteiger charge is -2.23. The zero-order valence-corrected chi connectivity index (χ0v) is 13.1. The van der Waals surface area contributed by atoms with E-state index in [1.54, 1.807) is 7.11 Å². The number of aliphatic hydroxyl groups is 1. The first-order valence-corrected chi connectivity index (χ1v) is 8.20. The fourth-order valence-electron chi connectivity index (χ4n) is 3.15. The Hall–Kier alpha value is -1.06. The highest BCUT2D eigenvalue weighted by Gasteiger charge is 2.18. The summed E-state index contributed by atoms with van der Waals surface area (Å²) in [5.74, 6) is 1.58. The average Bonchev–Trinajstić information content (AvgIpc) is 2.54. The summed E-state index contributed by atoms with van der Waals surface area (Å²) in [6.07, 6.45) is 8.29. The molecule has 21 heavy (non-hydrogen) atoms. The van der Waals surface area contributed by atoms with E-state index in [9.17, 15) is 5.11 Å². The molecule has 0 amide bonds. The second-order valence-corrected chi connectivity index (χ2v) is 5.98. The zero-order valence-electron chi connectivity index (χ0n) is 13.1. The lowest BCUT2D eigenvalue weighted by molar-refractivity contribution is 0.131. The van der Waals surface area contributed by atoms with Crippen LogP contribution in [0, 0.1) is 5.92 Å². The van der Waals surface area contributed by atoms with Crippen molar-refractivity contribution in [1.82, 2.24) is 0 Å². The van der Waals surface area contributed by atoms with Gasteiger partial charge in [0, 0.05) is 12.7 Å². The van der Waals surface area contributed by atoms with Gasteiger partial charge in [0.2, 0.25) is 0 Å². The normalized spacial score (nSPS) is 17.6. The van der Waals surface area contributed by atoms with E-state index in [2.05, 4.69) is 0 Å². The van der Waals surface area contributed by atoms with Crippen LogP contribution in [-0.4, -0.2) is 25.4 Å². The van der Waals surface area contributed by atoms with Crippen molar-refractivity contribution in [3.8, 4) is 5.75 Å². The smallest absolute Gasteiger partial charge is 0.125 e. The van der Waals surface area contributed by atoms with Crippen LogP contribution in [0.2, 0.25) is 0 Å². The molecule has 3 nitrogen and oxygen atoms in total. The third-order valence-corrected chi connectivity index (χ3v) is 4.40. The van der Waals surface area contributed by atoms with Crippen LogP contribution in [0.1, 0.15) is 56.6 Å². The molecule has 1 aliphatic carbocycles. The fourth-order valence-corrected chi connectivity index (χ4v) is 3.15. The molecule has 1 aliphatic rings. The van der Waals surface area contributed by atoms with E-state index in [-0.39, 0.29) is 0 Å². The average molecular weight is 292 g/mol. The second kappa shape index (κ2) is 9.06. The molecular weight excluding hydrogens is 264 g/mol. The standard InChI is InChI=1S/C18H28O3/c1-20-13-14-21-18-10-6-5-9-16(18)17(19)12-11-15-7-3-2-4-8-15/h5-6,9-10,15,17,19H,2-4,7-8,11-14H2,1H3. The first kappa shape index (κ1) is 16.3. The van der Waals surface area contributed by atoms with Gasteiger partial charge in [0.1, 0.15) is 12.4 Å². The van der Waals surface area contributed by atoms with Gasteiger partial charge in [0.15, 0.2) is 0 Å². The summed E-state index contributed by atoms with van der Waals surface area (Å²) in [4.78, 5) is 0. The Morgan fingerprint density at radius 1 is 1.14 bits per heavy atom. The molecular formula is C18H28O3. The minimum Gasteiger partial charge on any atom is -0.491 e. The first-order valence-electron chi connectivity index (χ1n) is 8.20. The highest BCUT2D eigenvalue weighted by Crippen LogP contribution is 2.33. The predicted octanol–water partition coefficient (Wildman–Crippen LogP) is 4.11. The molecule has 1 aromatic carbocycles. The third-order valence-electron chi connectivity index (χ3n) is 4.40. The lowest BCUT2D eigenvalue weighted by atomic mass is 9.85. The molecule has 1 atom stereocenters. The van der Waals surface area contributed by atoms with E-state index in [1.807, 2.05) is 24.3 Å². The van der Waals surface area contributed by atoms with Crippen molar-refractivity contribution in [2.45, 2.75) is 51.0 Å². The van der Waals surface area contributed by atoms with E-state index >= 15 is 0 Å². The number of aliphatic hydroxyl groups excluding tert-OH is 1. The van der Waals surface area contributed by atoms with Crippen molar-refractivity contribution in [3.05, 3.63) is 29.8 Å². The maximum absolute atomic E-state index is 10.5. The number of rotatable bonds is 8. The predicted molar refractivity (Wildman–Crippen MR) is 84.6 cm³/mol. The van der Waals surface area contributed by atoms with Crippen molar-refractivity contribution in [1.29, 1.82) is 0 Å². The van der Waals surface area contributed by atoms with Crippen LogP contribution in [0.3, 0.4) is 0 Å². The van der Waals surface area contributed by atoms with Crippen LogP contribution in [-0.2, 0) is 4.74 Å². The SMILES string of the molecule is COCCOc1ccccc1C(O)CCC1CCCCC1. The molecule has 118 valence electrons. The Labute approximate surface area is 128 Å². The van der Waals surface area contributed by atoms with Crippen LogP contribution in [0.25, 0.3) is 0 Å². The number of para-hydroxylation sites is 1. The van der Waals surface area contributed by atoms with E-state index in [0.29, 0.717) is 13.2 Å². The van der Waals surface area contributed by atoms with Gasteiger partial charge >= 0.3 is 0 Å². The lowest BCUT2D eigenvalue weighted by Crippen LogP contribution is -2.10. The molecule has 1 unspecified atom stereocenters. The highest BCUT2D eigenvalue weighted by molar-refractivity contribution is 5.35. The van der Waals surface area contributed by atoms with Crippen molar-refractivity contribution >= 4 is 0 Å². The van der Waals surface area contributed by atoms with E-state index in [1.165, 1.54) is 32.1 Å². The van der Waals surface area contributed by atoms with Crippen molar-refractivity contribution < 1.29 is 14.6 Å². The maximum Gasteiger partial charge on any atom is 0.125 e.